The number of ether oxygens (including phenoxy) is 2. The summed E-state index contributed by atoms with van der Waals surface area (Å²) in [5.74, 6) is 0. The third-order valence-corrected chi connectivity index (χ3v) is 3.77. The summed E-state index contributed by atoms with van der Waals surface area (Å²) in [7, 11) is 0. The molecule has 0 radical (unpaired) electrons. The molecule has 18 heavy (non-hydrogen) atoms. The minimum Gasteiger partial charge on any atom is -0.377 e. The molecule has 5 heteroatoms. The first-order valence-corrected chi connectivity index (χ1v) is 6.81. The molecule has 1 heterocycles. The number of hydrogen-bond donors (Lipinski definition) is 1. The van der Waals surface area contributed by atoms with Crippen molar-refractivity contribution in [2.45, 2.75) is 12.5 Å². The zero-order valence-corrected chi connectivity index (χ0v) is 11.9. The molecule has 1 saturated heterocycles. The number of rotatable bonds is 3. The fraction of sp³-hybridized carbons (Fsp3) is 0.538. The minimum absolute atomic E-state index is 0.487. The van der Waals surface area contributed by atoms with Gasteiger partial charge in [0.05, 0.1) is 23.3 Å². The van der Waals surface area contributed by atoms with Gasteiger partial charge in [0.25, 0.3) is 0 Å². The zero-order valence-electron chi connectivity index (χ0n) is 10.3. The predicted octanol–water partition coefficient (Wildman–Crippen LogP) is 2.85. The van der Waals surface area contributed by atoms with Crippen LogP contribution in [0.3, 0.4) is 0 Å². The van der Waals surface area contributed by atoms with Crippen molar-refractivity contribution >= 4 is 23.2 Å². The normalized spacial score (nSPS) is 24.8. The quantitative estimate of drug-likeness (QED) is 0.928. The molecule has 0 aliphatic carbocycles. The molecule has 1 aromatic rings. The summed E-state index contributed by atoms with van der Waals surface area (Å²) in [6.07, 6.45) is 0. The molecular weight excluding hydrogens is 273 g/mol. The molecule has 1 N–H and O–H groups in total. The van der Waals surface area contributed by atoms with E-state index in [4.69, 9.17) is 32.7 Å². The first kappa shape index (κ1) is 14.1. The van der Waals surface area contributed by atoms with Crippen molar-refractivity contribution < 1.29 is 9.47 Å². The third kappa shape index (κ3) is 2.98. The lowest BCUT2D eigenvalue weighted by molar-refractivity contribution is -0.0854. The molecule has 1 aliphatic rings. The van der Waals surface area contributed by atoms with Crippen molar-refractivity contribution in [1.82, 2.24) is 5.32 Å². The Balaban J connectivity index is 2.35. The summed E-state index contributed by atoms with van der Waals surface area (Å²) >= 11 is 12.0. The van der Waals surface area contributed by atoms with E-state index < -0.39 is 5.60 Å². The van der Waals surface area contributed by atoms with Gasteiger partial charge in [0, 0.05) is 19.7 Å². The van der Waals surface area contributed by atoms with Crippen LogP contribution in [0.25, 0.3) is 0 Å². The smallest absolute Gasteiger partial charge is 0.129 e. The summed E-state index contributed by atoms with van der Waals surface area (Å²) in [5.41, 5.74) is 0.507. The summed E-state index contributed by atoms with van der Waals surface area (Å²) in [6.45, 7) is 5.34. The number of nitrogens with one attached hydrogen (secondary N) is 1. The van der Waals surface area contributed by atoms with Crippen LogP contribution in [-0.2, 0) is 15.1 Å². The SMILES string of the molecule is CCOC1(c2ccc(Cl)c(Cl)c2)CNCCOC1. The van der Waals surface area contributed by atoms with E-state index in [9.17, 15) is 0 Å². The molecular formula is C13H17Cl2NO2. The Bertz CT molecular complexity index is 404. The first-order valence-electron chi connectivity index (χ1n) is 6.06. The van der Waals surface area contributed by atoms with Crippen LogP contribution < -0.4 is 5.32 Å². The van der Waals surface area contributed by atoms with Crippen LogP contribution in [0, 0.1) is 0 Å². The molecule has 1 aliphatic heterocycles. The van der Waals surface area contributed by atoms with Gasteiger partial charge in [-0.1, -0.05) is 29.3 Å². The van der Waals surface area contributed by atoms with Crippen molar-refractivity contribution in [2.75, 3.05) is 32.9 Å². The minimum atomic E-state index is -0.487. The summed E-state index contributed by atoms with van der Waals surface area (Å²) < 4.78 is 11.6. The second-order valence-corrected chi connectivity index (χ2v) is 5.10. The molecule has 1 aromatic carbocycles. The Labute approximate surface area is 117 Å². The van der Waals surface area contributed by atoms with Crippen molar-refractivity contribution in [3.05, 3.63) is 33.8 Å². The largest absolute Gasteiger partial charge is 0.377 e. The van der Waals surface area contributed by atoms with Crippen LogP contribution in [0.1, 0.15) is 12.5 Å². The maximum Gasteiger partial charge on any atom is 0.129 e. The highest BCUT2D eigenvalue weighted by atomic mass is 35.5. The lowest BCUT2D eigenvalue weighted by atomic mass is 9.94. The second-order valence-electron chi connectivity index (χ2n) is 4.29. The van der Waals surface area contributed by atoms with Crippen LogP contribution in [0.2, 0.25) is 10.0 Å². The topological polar surface area (TPSA) is 30.5 Å². The van der Waals surface area contributed by atoms with E-state index in [0.29, 0.717) is 36.4 Å². The molecule has 0 saturated carbocycles. The Morgan fingerprint density at radius 2 is 2.22 bits per heavy atom. The maximum absolute atomic E-state index is 6.09. The van der Waals surface area contributed by atoms with Gasteiger partial charge < -0.3 is 14.8 Å². The zero-order chi connectivity index (χ0) is 13.0. The van der Waals surface area contributed by atoms with E-state index in [-0.39, 0.29) is 0 Å². The summed E-state index contributed by atoms with van der Waals surface area (Å²) in [6, 6.07) is 5.60. The average Bonchev–Trinajstić information content (AvgIpc) is 2.60. The number of halogens is 2. The van der Waals surface area contributed by atoms with Crippen LogP contribution in [-0.4, -0.2) is 32.9 Å². The van der Waals surface area contributed by atoms with Gasteiger partial charge in [0.2, 0.25) is 0 Å². The summed E-state index contributed by atoms with van der Waals surface area (Å²) in [4.78, 5) is 0. The molecule has 1 atom stereocenters. The molecule has 0 aromatic heterocycles. The molecule has 2 rings (SSSR count). The standard InChI is InChI=1S/C13H17Cl2NO2/c1-2-18-13(8-16-5-6-17-9-13)10-3-4-11(14)12(15)7-10/h3-4,7,16H,2,5-6,8-9H2,1H3. The molecule has 0 bridgehead atoms. The fourth-order valence-corrected chi connectivity index (χ4v) is 2.44. The van der Waals surface area contributed by atoms with Crippen LogP contribution in [0.15, 0.2) is 18.2 Å². The molecule has 1 fully saturated rings. The number of benzene rings is 1. The average molecular weight is 290 g/mol. The van der Waals surface area contributed by atoms with Gasteiger partial charge in [-0.3, -0.25) is 0 Å². The van der Waals surface area contributed by atoms with E-state index in [1.165, 1.54) is 0 Å². The van der Waals surface area contributed by atoms with E-state index in [0.717, 1.165) is 12.1 Å². The van der Waals surface area contributed by atoms with Crippen molar-refractivity contribution in [2.24, 2.45) is 0 Å². The second kappa shape index (κ2) is 6.22. The van der Waals surface area contributed by atoms with Gasteiger partial charge in [-0.2, -0.15) is 0 Å². The molecule has 0 amide bonds. The highest BCUT2D eigenvalue weighted by molar-refractivity contribution is 6.42. The van der Waals surface area contributed by atoms with Gasteiger partial charge in [-0.25, -0.2) is 0 Å². The van der Waals surface area contributed by atoms with Crippen molar-refractivity contribution in [3.8, 4) is 0 Å². The lowest BCUT2D eigenvalue weighted by Gasteiger charge is -2.32. The maximum atomic E-state index is 6.09. The van der Waals surface area contributed by atoms with Gasteiger partial charge in [-0.15, -0.1) is 0 Å². The summed E-state index contributed by atoms with van der Waals surface area (Å²) in [5, 5.41) is 4.42. The van der Waals surface area contributed by atoms with Gasteiger partial charge >= 0.3 is 0 Å². The molecule has 0 spiro atoms. The van der Waals surface area contributed by atoms with E-state index in [2.05, 4.69) is 5.32 Å². The highest BCUT2D eigenvalue weighted by Gasteiger charge is 2.34. The fourth-order valence-electron chi connectivity index (χ4n) is 2.14. The Morgan fingerprint density at radius 3 is 2.94 bits per heavy atom. The van der Waals surface area contributed by atoms with Gasteiger partial charge in [0.1, 0.15) is 5.60 Å². The van der Waals surface area contributed by atoms with Crippen molar-refractivity contribution in [1.29, 1.82) is 0 Å². The van der Waals surface area contributed by atoms with Gasteiger partial charge in [-0.05, 0) is 24.6 Å². The van der Waals surface area contributed by atoms with E-state index in [1.807, 2.05) is 19.1 Å². The molecule has 100 valence electrons. The van der Waals surface area contributed by atoms with Crippen LogP contribution in [0.4, 0.5) is 0 Å². The molecule has 1 unspecified atom stereocenters. The Hall–Kier alpha value is -0.320. The first-order chi connectivity index (χ1) is 8.68. The van der Waals surface area contributed by atoms with E-state index in [1.54, 1.807) is 6.07 Å². The Kier molecular flexibility index (Phi) is 4.87. The number of hydrogen-bond acceptors (Lipinski definition) is 3. The Morgan fingerprint density at radius 1 is 1.39 bits per heavy atom. The van der Waals surface area contributed by atoms with Crippen molar-refractivity contribution in [3.63, 3.8) is 0 Å². The van der Waals surface area contributed by atoms with E-state index >= 15 is 0 Å². The van der Waals surface area contributed by atoms with Crippen LogP contribution in [0.5, 0.6) is 0 Å². The highest BCUT2D eigenvalue weighted by Crippen LogP contribution is 2.32. The lowest BCUT2D eigenvalue weighted by Crippen LogP contribution is -2.42. The molecule has 3 nitrogen and oxygen atoms in total. The predicted molar refractivity (Wildman–Crippen MR) is 73.5 cm³/mol. The third-order valence-electron chi connectivity index (χ3n) is 3.04. The van der Waals surface area contributed by atoms with Gasteiger partial charge in [0.15, 0.2) is 0 Å². The van der Waals surface area contributed by atoms with Crippen LogP contribution >= 0.6 is 23.2 Å². The monoisotopic (exact) mass is 289 g/mol.